The van der Waals surface area contributed by atoms with Crippen molar-refractivity contribution >= 4 is 21.9 Å². The topological polar surface area (TPSA) is 90.9 Å². The minimum atomic E-state index is -0.449. The zero-order valence-corrected chi connectivity index (χ0v) is 16.2. The van der Waals surface area contributed by atoms with Gasteiger partial charge < -0.3 is 19.7 Å². The number of para-hydroxylation sites is 1. The Balaban J connectivity index is 2.05. The molecule has 3 rings (SSSR count). The maximum atomic E-state index is 12.8. The van der Waals surface area contributed by atoms with E-state index in [-0.39, 0.29) is 44.8 Å². The number of allylic oxidation sites excluding steroid dienone is 4. The van der Waals surface area contributed by atoms with Crippen molar-refractivity contribution in [2.45, 2.75) is 40.0 Å². The lowest BCUT2D eigenvalue weighted by molar-refractivity contribution is 0.442. The van der Waals surface area contributed by atoms with Gasteiger partial charge in [-0.1, -0.05) is 29.4 Å². The average Bonchev–Trinajstić information content (AvgIpc) is 2.62. The molecule has 0 aliphatic heterocycles. The normalized spacial score (nSPS) is 11.9. The fourth-order valence-electron chi connectivity index (χ4n) is 3.20. The number of phenolic OH excluding ortho intramolecular Hbond substituents is 3. The lowest BCUT2D eigenvalue weighted by Gasteiger charge is -2.10. The summed E-state index contributed by atoms with van der Waals surface area (Å²) in [5.74, 6) is -0.618. The molecule has 2 aromatic carbocycles. The number of phenols is 3. The van der Waals surface area contributed by atoms with Crippen molar-refractivity contribution in [3.05, 3.63) is 63.4 Å². The Morgan fingerprint density at radius 1 is 1.07 bits per heavy atom. The highest BCUT2D eigenvalue weighted by atomic mass is 16.4. The van der Waals surface area contributed by atoms with Gasteiger partial charge in [-0.05, 0) is 52.2 Å². The molecule has 0 bridgehead atoms. The van der Waals surface area contributed by atoms with E-state index in [9.17, 15) is 20.1 Å². The first kappa shape index (κ1) is 19.5. The maximum absolute atomic E-state index is 12.8. The van der Waals surface area contributed by atoms with Crippen LogP contribution >= 0.6 is 0 Å². The van der Waals surface area contributed by atoms with E-state index in [2.05, 4.69) is 19.9 Å². The Morgan fingerprint density at radius 3 is 2.54 bits per heavy atom. The van der Waals surface area contributed by atoms with Gasteiger partial charge in [0.1, 0.15) is 22.5 Å². The fraction of sp³-hybridized carbons (Fsp3) is 0.261. The lowest BCUT2D eigenvalue weighted by atomic mass is 10.0. The molecule has 3 N–H and O–H groups in total. The Kier molecular flexibility index (Phi) is 5.45. The van der Waals surface area contributed by atoms with Gasteiger partial charge in [-0.25, -0.2) is 0 Å². The Hall–Kier alpha value is -3.21. The molecule has 0 fully saturated rings. The van der Waals surface area contributed by atoms with E-state index in [0.717, 1.165) is 18.4 Å². The highest BCUT2D eigenvalue weighted by Crippen LogP contribution is 2.37. The summed E-state index contributed by atoms with van der Waals surface area (Å²) in [6, 6.07) is 5.79. The first-order chi connectivity index (χ1) is 13.3. The largest absolute Gasteiger partial charge is 0.507 e. The van der Waals surface area contributed by atoms with E-state index in [1.165, 1.54) is 29.8 Å². The van der Waals surface area contributed by atoms with Crippen molar-refractivity contribution in [3.63, 3.8) is 0 Å². The fourth-order valence-corrected chi connectivity index (χ4v) is 3.20. The molecule has 28 heavy (non-hydrogen) atoms. The van der Waals surface area contributed by atoms with E-state index in [0.29, 0.717) is 6.42 Å². The second-order valence-electron chi connectivity index (χ2n) is 7.26. The third kappa shape index (κ3) is 3.74. The van der Waals surface area contributed by atoms with Gasteiger partial charge in [-0.3, -0.25) is 4.79 Å². The molecule has 0 aliphatic carbocycles. The molecule has 1 aromatic heterocycles. The molecule has 3 aromatic rings. The smallest absolute Gasteiger partial charge is 0.204 e. The van der Waals surface area contributed by atoms with E-state index >= 15 is 0 Å². The van der Waals surface area contributed by atoms with Crippen molar-refractivity contribution in [3.8, 4) is 17.2 Å². The van der Waals surface area contributed by atoms with Gasteiger partial charge in [0.2, 0.25) is 5.43 Å². The summed E-state index contributed by atoms with van der Waals surface area (Å²) in [4.78, 5) is 12.8. The minimum absolute atomic E-state index is 0.00138. The number of aromatic hydroxyl groups is 3. The summed E-state index contributed by atoms with van der Waals surface area (Å²) < 4.78 is 5.58. The summed E-state index contributed by atoms with van der Waals surface area (Å²) in [6.45, 7) is 6.11. The van der Waals surface area contributed by atoms with Gasteiger partial charge in [0.25, 0.3) is 0 Å². The molecule has 0 unspecified atom stereocenters. The molecule has 0 amide bonds. The molecule has 0 saturated heterocycles. The summed E-state index contributed by atoms with van der Waals surface area (Å²) in [7, 11) is 0. The van der Waals surface area contributed by atoms with E-state index in [1.807, 2.05) is 13.0 Å². The van der Waals surface area contributed by atoms with Gasteiger partial charge in [0.15, 0.2) is 11.3 Å². The summed E-state index contributed by atoms with van der Waals surface area (Å²) in [5, 5.41) is 31.1. The Labute approximate surface area is 162 Å². The van der Waals surface area contributed by atoms with E-state index < -0.39 is 5.43 Å². The number of benzene rings is 2. The van der Waals surface area contributed by atoms with E-state index in [4.69, 9.17) is 4.42 Å². The SMILES string of the molecule is CC(C)=CCC/C(C)=C\Cc1c(O)cc2oc3c(O)cccc3c(=O)c2c1O. The molecule has 0 atom stereocenters. The Morgan fingerprint density at radius 2 is 1.82 bits per heavy atom. The van der Waals surface area contributed by atoms with E-state index in [1.54, 1.807) is 0 Å². The van der Waals surface area contributed by atoms with Gasteiger partial charge in [0, 0.05) is 11.6 Å². The highest BCUT2D eigenvalue weighted by molar-refractivity contribution is 5.96. The average molecular weight is 380 g/mol. The van der Waals surface area contributed by atoms with Crippen LogP contribution in [0.15, 0.2) is 56.8 Å². The monoisotopic (exact) mass is 380 g/mol. The second kappa shape index (κ2) is 7.80. The maximum Gasteiger partial charge on any atom is 0.204 e. The third-order valence-electron chi connectivity index (χ3n) is 4.77. The van der Waals surface area contributed by atoms with Crippen molar-refractivity contribution in [2.24, 2.45) is 0 Å². The Bertz CT molecular complexity index is 1160. The summed E-state index contributed by atoms with van der Waals surface area (Å²) in [6.07, 6.45) is 6.21. The van der Waals surface area contributed by atoms with Gasteiger partial charge in [-0.15, -0.1) is 0 Å². The predicted molar refractivity (Wildman–Crippen MR) is 111 cm³/mol. The van der Waals surface area contributed by atoms with Crippen LogP contribution in [-0.2, 0) is 6.42 Å². The van der Waals surface area contributed by atoms with Gasteiger partial charge in [-0.2, -0.15) is 0 Å². The number of fused-ring (bicyclic) bond motifs is 2. The van der Waals surface area contributed by atoms with Crippen LogP contribution in [0.5, 0.6) is 17.2 Å². The van der Waals surface area contributed by atoms with Crippen LogP contribution in [0.25, 0.3) is 21.9 Å². The number of hydrogen-bond donors (Lipinski definition) is 3. The second-order valence-corrected chi connectivity index (χ2v) is 7.26. The quantitative estimate of drug-likeness (QED) is 0.413. The molecular formula is C23H24O5. The molecular weight excluding hydrogens is 356 g/mol. The summed E-state index contributed by atoms with van der Waals surface area (Å²) >= 11 is 0. The summed E-state index contributed by atoms with van der Waals surface area (Å²) in [5.41, 5.74) is 2.29. The molecule has 5 nitrogen and oxygen atoms in total. The minimum Gasteiger partial charge on any atom is -0.507 e. The molecule has 1 heterocycles. The molecule has 0 saturated carbocycles. The highest BCUT2D eigenvalue weighted by Gasteiger charge is 2.19. The first-order valence-corrected chi connectivity index (χ1v) is 9.21. The van der Waals surface area contributed by atoms with Crippen LogP contribution in [0.2, 0.25) is 0 Å². The predicted octanol–water partition coefficient (Wildman–Crippen LogP) is 5.30. The molecule has 146 valence electrons. The van der Waals surface area contributed by atoms with Crippen LogP contribution in [0, 0.1) is 0 Å². The third-order valence-corrected chi connectivity index (χ3v) is 4.77. The number of rotatable bonds is 5. The molecule has 0 spiro atoms. The van der Waals surface area contributed by atoms with Gasteiger partial charge in [0.05, 0.1) is 5.39 Å². The zero-order chi connectivity index (χ0) is 20.4. The van der Waals surface area contributed by atoms with Crippen molar-refractivity contribution in [2.75, 3.05) is 0 Å². The molecule has 0 aliphatic rings. The van der Waals surface area contributed by atoms with Crippen molar-refractivity contribution < 1.29 is 19.7 Å². The lowest BCUT2D eigenvalue weighted by Crippen LogP contribution is -2.04. The van der Waals surface area contributed by atoms with Crippen molar-refractivity contribution in [1.82, 2.24) is 0 Å². The first-order valence-electron chi connectivity index (χ1n) is 9.21. The van der Waals surface area contributed by atoms with Crippen LogP contribution in [0.1, 0.15) is 39.2 Å². The standard InChI is InChI=1S/C23H24O5/c1-13(2)6-4-7-14(3)10-11-15-18(25)12-19-20(21(15)26)22(27)16-8-5-9-17(24)23(16)28-19/h5-6,8-10,12,24-26H,4,7,11H2,1-3H3/b14-10-. The van der Waals surface area contributed by atoms with Crippen LogP contribution < -0.4 is 5.43 Å². The van der Waals surface area contributed by atoms with Crippen LogP contribution in [0.3, 0.4) is 0 Å². The zero-order valence-electron chi connectivity index (χ0n) is 16.2. The molecule has 5 heteroatoms. The number of hydrogen-bond acceptors (Lipinski definition) is 5. The van der Waals surface area contributed by atoms with Crippen LogP contribution in [-0.4, -0.2) is 15.3 Å². The van der Waals surface area contributed by atoms with Crippen molar-refractivity contribution in [1.29, 1.82) is 0 Å². The van der Waals surface area contributed by atoms with Gasteiger partial charge >= 0.3 is 0 Å². The van der Waals surface area contributed by atoms with Crippen LogP contribution in [0.4, 0.5) is 0 Å². The molecule has 0 radical (unpaired) electrons.